The van der Waals surface area contributed by atoms with Gasteiger partial charge in [0.2, 0.25) is 0 Å². The molecule has 0 radical (unpaired) electrons. The van der Waals surface area contributed by atoms with E-state index < -0.39 is 8.80 Å². The number of hydrogen-bond donors (Lipinski definition) is 0. The lowest BCUT2D eigenvalue weighted by molar-refractivity contribution is 0.0714. The summed E-state index contributed by atoms with van der Waals surface area (Å²) in [4.78, 5) is 0. The predicted molar refractivity (Wildman–Crippen MR) is 91.6 cm³/mol. The van der Waals surface area contributed by atoms with Gasteiger partial charge in [-0.25, -0.2) is 0 Å². The normalized spacial score (nSPS) is 11.7. The van der Waals surface area contributed by atoms with Gasteiger partial charge in [0.1, 0.15) is 5.75 Å². The van der Waals surface area contributed by atoms with Crippen LogP contribution >= 0.6 is 0 Å². The van der Waals surface area contributed by atoms with Crippen molar-refractivity contribution in [3.05, 3.63) is 28.8 Å². The standard InChI is InChI=1S/C17H30O4Si/c1-7-19-22(20-8-2,21-9-3)11-10-16-13-14(4)12-15(5)17(16)18-6/h12-13H,7-11H2,1-6H3. The number of ether oxygens (including phenoxy) is 1. The third-order valence-corrected chi connectivity index (χ3v) is 6.54. The minimum atomic E-state index is -2.60. The van der Waals surface area contributed by atoms with Gasteiger partial charge in [0.25, 0.3) is 0 Å². The quantitative estimate of drug-likeness (QED) is 0.611. The Morgan fingerprint density at radius 2 is 1.45 bits per heavy atom. The van der Waals surface area contributed by atoms with E-state index in [1.165, 1.54) is 11.1 Å². The second-order valence-electron chi connectivity index (χ2n) is 5.26. The molecule has 0 aliphatic rings. The molecular formula is C17H30O4Si. The summed E-state index contributed by atoms with van der Waals surface area (Å²) in [6.45, 7) is 12.0. The number of methoxy groups -OCH3 is 1. The fourth-order valence-electron chi connectivity index (χ4n) is 2.81. The lowest BCUT2D eigenvalue weighted by Gasteiger charge is -2.28. The molecule has 0 aromatic heterocycles. The second-order valence-corrected chi connectivity index (χ2v) is 7.99. The molecule has 0 unspecified atom stereocenters. The number of rotatable bonds is 10. The van der Waals surface area contributed by atoms with Crippen molar-refractivity contribution in [2.24, 2.45) is 0 Å². The first-order chi connectivity index (χ1) is 10.5. The van der Waals surface area contributed by atoms with E-state index in [0.29, 0.717) is 19.8 Å². The van der Waals surface area contributed by atoms with Crippen LogP contribution < -0.4 is 4.74 Å². The van der Waals surface area contributed by atoms with Gasteiger partial charge in [-0.2, -0.15) is 0 Å². The molecule has 1 aromatic carbocycles. The van der Waals surface area contributed by atoms with E-state index in [1.54, 1.807) is 7.11 Å². The highest BCUT2D eigenvalue weighted by Crippen LogP contribution is 2.28. The summed E-state index contributed by atoms with van der Waals surface area (Å²) in [5.74, 6) is 0.956. The zero-order valence-electron chi connectivity index (χ0n) is 14.8. The Kier molecular flexibility index (Phi) is 8.10. The van der Waals surface area contributed by atoms with Crippen molar-refractivity contribution in [3.63, 3.8) is 0 Å². The highest BCUT2D eigenvalue weighted by molar-refractivity contribution is 6.60. The van der Waals surface area contributed by atoms with Crippen LogP contribution in [-0.2, 0) is 19.7 Å². The van der Waals surface area contributed by atoms with E-state index in [9.17, 15) is 0 Å². The second kappa shape index (κ2) is 9.30. The van der Waals surface area contributed by atoms with E-state index in [2.05, 4.69) is 26.0 Å². The Labute approximate surface area is 136 Å². The van der Waals surface area contributed by atoms with Gasteiger partial charge < -0.3 is 18.0 Å². The van der Waals surface area contributed by atoms with Gasteiger partial charge in [0.15, 0.2) is 0 Å². The van der Waals surface area contributed by atoms with Crippen LogP contribution in [0.4, 0.5) is 0 Å². The van der Waals surface area contributed by atoms with Crippen molar-refractivity contribution >= 4 is 8.80 Å². The lowest BCUT2D eigenvalue weighted by atomic mass is 10.0. The molecule has 0 bridgehead atoms. The molecule has 0 N–H and O–H groups in total. The molecule has 1 aromatic rings. The van der Waals surface area contributed by atoms with Crippen LogP contribution in [0, 0.1) is 13.8 Å². The summed E-state index contributed by atoms with van der Waals surface area (Å²) in [6.07, 6.45) is 0.831. The summed E-state index contributed by atoms with van der Waals surface area (Å²) in [5.41, 5.74) is 3.59. The van der Waals surface area contributed by atoms with E-state index >= 15 is 0 Å². The molecular weight excluding hydrogens is 296 g/mol. The van der Waals surface area contributed by atoms with Gasteiger partial charge in [-0.05, 0) is 52.2 Å². The van der Waals surface area contributed by atoms with Crippen LogP contribution in [0.1, 0.15) is 37.5 Å². The van der Waals surface area contributed by atoms with Gasteiger partial charge in [-0.15, -0.1) is 0 Å². The first kappa shape index (κ1) is 19.2. The summed E-state index contributed by atoms with van der Waals surface area (Å²) in [5, 5.41) is 0. The van der Waals surface area contributed by atoms with E-state index in [1.807, 2.05) is 20.8 Å². The SMILES string of the molecule is CCO[Si](CCc1cc(C)cc(C)c1OC)(OCC)OCC. The van der Waals surface area contributed by atoms with Gasteiger partial charge in [-0.1, -0.05) is 17.7 Å². The molecule has 0 saturated carbocycles. The molecule has 126 valence electrons. The van der Waals surface area contributed by atoms with Crippen molar-refractivity contribution in [2.45, 2.75) is 47.1 Å². The molecule has 22 heavy (non-hydrogen) atoms. The maximum Gasteiger partial charge on any atom is 0.501 e. The molecule has 0 atom stereocenters. The first-order valence-electron chi connectivity index (χ1n) is 8.07. The van der Waals surface area contributed by atoms with Crippen molar-refractivity contribution in [1.82, 2.24) is 0 Å². The molecule has 0 fully saturated rings. The third kappa shape index (κ3) is 5.09. The summed E-state index contributed by atoms with van der Waals surface area (Å²) < 4.78 is 23.3. The van der Waals surface area contributed by atoms with Crippen molar-refractivity contribution in [2.75, 3.05) is 26.9 Å². The fourth-order valence-corrected chi connectivity index (χ4v) is 5.39. The molecule has 4 nitrogen and oxygen atoms in total. The average molecular weight is 327 g/mol. The van der Waals surface area contributed by atoms with Gasteiger partial charge >= 0.3 is 8.80 Å². The van der Waals surface area contributed by atoms with Crippen molar-refractivity contribution in [1.29, 1.82) is 0 Å². The van der Waals surface area contributed by atoms with Gasteiger partial charge in [-0.3, -0.25) is 0 Å². The van der Waals surface area contributed by atoms with Crippen LogP contribution in [-0.4, -0.2) is 35.7 Å². The van der Waals surface area contributed by atoms with Crippen LogP contribution in [0.3, 0.4) is 0 Å². The van der Waals surface area contributed by atoms with Crippen LogP contribution in [0.2, 0.25) is 6.04 Å². The lowest BCUT2D eigenvalue weighted by Crippen LogP contribution is -2.46. The number of benzene rings is 1. The Hall–Kier alpha value is -0.883. The molecule has 5 heteroatoms. The number of hydrogen-bond acceptors (Lipinski definition) is 4. The summed E-state index contributed by atoms with van der Waals surface area (Å²) >= 11 is 0. The van der Waals surface area contributed by atoms with Gasteiger partial charge in [0, 0.05) is 25.9 Å². The minimum absolute atomic E-state index is 0.607. The summed E-state index contributed by atoms with van der Waals surface area (Å²) in [7, 11) is -0.883. The molecule has 0 amide bonds. The largest absolute Gasteiger partial charge is 0.501 e. The zero-order valence-corrected chi connectivity index (χ0v) is 15.8. The zero-order chi connectivity index (χ0) is 16.6. The molecule has 1 rings (SSSR count). The topological polar surface area (TPSA) is 36.9 Å². The molecule has 0 saturated heterocycles. The Morgan fingerprint density at radius 3 is 1.91 bits per heavy atom. The third-order valence-electron chi connectivity index (χ3n) is 3.49. The molecule has 0 heterocycles. The van der Waals surface area contributed by atoms with Crippen LogP contribution in [0.5, 0.6) is 5.75 Å². The minimum Gasteiger partial charge on any atom is -0.496 e. The van der Waals surface area contributed by atoms with E-state index in [-0.39, 0.29) is 0 Å². The number of aryl methyl sites for hydroxylation is 3. The smallest absolute Gasteiger partial charge is 0.496 e. The van der Waals surface area contributed by atoms with Crippen LogP contribution in [0.15, 0.2) is 12.1 Å². The van der Waals surface area contributed by atoms with E-state index in [0.717, 1.165) is 23.8 Å². The monoisotopic (exact) mass is 326 g/mol. The molecule has 0 spiro atoms. The van der Waals surface area contributed by atoms with Crippen LogP contribution in [0.25, 0.3) is 0 Å². The Morgan fingerprint density at radius 1 is 0.909 bits per heavy atom. The Balaban J connectivity index is 2.96. The fraction of sp³-hybridized carbons (Fsp3) is 0.647. The molecule has 0 aliphatic carbocycles. The highest BCUT2D eigenvalue weighted by Gasteiger charge is 2.40. The van der Waals surface area contributed by atoms with Gasteiger partial charge in [0.05, 0.1) is 7.11 Å². The van der Waals surface area contributed by atoms with Crippen molar-refractivity contribution < 1.29 is 18.0 Å². The van der Waals surface area contributed by atoms with Crippen molar-refractivity contribution in [3.8, 4) is 5.75 Å². The Bertz CT molecular complexity index is 445. The first-order valence-corrected chi connectivity index (χ1v) is 10.0. The maximum atomic E-state index is 5.92. The highest BCUT2D eigenvalue weighted by atomic mass is 28.4. The average Bonchev–Trinajstić information content (AvgIpc) is 2.45. The summed E-state index contributed by atoms with van der Waals surface area (Å²) in [6, 6.07) is 5.08. The maximum absolute atomic E-state index is 5.92. The predicted octanol–water partition coefficient (Wildman–Crippen LogP) is 3.90. The van der Waals surface area contributed by atoms with E-state index in [4.69, 9.17) is 18.0 Å². The molecule has 0 aliphatic heterocycles.